The highest BCUT2D eigenvalue weighted by Crippen LogP contribution is 2.44. The van der Waals surface area contributed by atoms with Crippen LogP contribution >= 0.6 is 0 Å². The Balaban J connectivity index is 1.18. The molecule has 39 heavy (non-hydrogen) atoms. The van der Waals surface area contributed by atoms with Crippen molar-refractivity contribution in [3.63, 3.8) is 0 Å². The first-order valence-electron chi connectivity index (χ1n) is 13.7. The van der Waals surface area contributed by atoms with E-state index in [4.69, 9.17) is 0 Å². The third-order valence-electron chi connectivity index (χ3n) is 8.55. The van der Waals surface area contributed by atoms with Gasteiger partial charge in [-0.05, 0) is 41.8 Å². The van der Waals surface area contributed by atoms with Crippen LogP contribution in [0, 0.1) is 0 Å². The van der Waals surface area contributed by atoms with E-state index in [1.165, 1.54) is 16.5 Å². The predicted octanol–water partition coefficient (Wildman–Crippen LogP) is 3.53. The van der Waals surface area contributed by atoms with Crippen molar-refractivity contribution < 1.29 is 9.59 Å². The van der Waals surface area contributed by atoms with Crippen molar-refractivity contribution in [3.8, 4) is 0 Å². The minimum absolute atomic E-state index is 0.0622. The van der Waals surface area contributed by atoms with E-state index >= 15 is 0 Å². The van der Waals surface area contributed by atoms with Gasteiger partial charge in [0.2, 0.25) is 5.91 Å². The van der Waals surface area contributed by atoms with Gasteiger partial charge < -0.3 is 19.3 Å². The van der Waals surface area contributed by atoms with Gasteiger partial charge in [0.05, 0.1) is 16.9 Å². The first-order chi connectivity index (χ1) is 19.1. The molecule has 0 N–H and O–H groups in total. The number of pyridine rings is 1. The van der Waals surface area contributed by atoms with E-state index in [9.17, 15) is 9.59 Å². The topological polar surface area (TPSA) is 64.9 Å². The molecule has 198 valence electrons. The van der Waals surface area contributed by atoms with E-state index in [0.29, 0.717) is 19.6 Å². The van der Waals surface area contributed by atoms with Gasteiger partial charge in [-0.25, -0.2) is 0 Å². The molecule has 5 heterocycles. The number of hydrogen-bond acceptors (Lipinski definition) is 5. The SMILES string of the molecule is CN1c2ccccc2C(=O)N2CCc3c(n(CC(=O)N4CCN(Cc5cccnc5)CC4)c4ccccc34)C21. The number of hydrogen-bond donors (Lipinski definition) is 0. The number of fused-ring (bicyclic) bond motifs is 6. The lowest BCUT2D eigenvalue weighted by Gasteiger charge is -2.46. The Morgan fingerprint density at radius 3 is 2.56 bits per heavy atom. The molecule has 7 rings (SSSR count). The summed E-state index contributed by atoms with van der Waals surface area (Å²) in [5.74, 6) is 0.189. The number of amides is 2. The van der Waals surface area contributed by atoms with Gasteiger partial charge in [0.1, 0.15) is 12.7 Å². The number of aromatic nitrogens is 2. The van der Waals surface area contributed by atoms with E-state index in [2.05, 4.69) is 50.7 Å². The number of carbonyl (C=O) groups is 2. The number of nitrogens with zero attached hydrogens (tertiary/aromatic N) is 6. The fourth-order valence-corrected chi connectivity index (χ4v) is 6.62. The maximum atomic E-state index is 13.7. The molecule has 0 aliphatic carbocycles. The summed E-state index contributed by atoms with van der Waals surface area (Å²) >= 11 is 0. The molecular formula is C31H32N6O2. The van der Waals surface area contributed by atoms with Crippen LogP contribution in [-0.2, 0) is 24.3 Å². The number of carbonyl (C=O) groups excluding carboxylic acids is 2. The molecule has 4 aromatic rings. The number of rotatable bonds is 4. The Hall–Kier alpha value is -4.17. The summed E-state index contributed by atoms with van der Waals surface area (Å²) in [7, 11) is 2.06. The molecule has 2 amide bonds. The molecule has 8 heteroatoms. The highest BCUT2D eigenvalue weighted by Gasteiger charge is 2.43. The lowest BCUT2D eigenvalue weighted by atomic mass is 9.96. The molecule has 8 nitrogen and oxygen atoms in total. The first-order valence-corrected chi connectivity index (χ1v) is 13.7. The number of anilines is 1. The zero-order chi connectivity index (χ0) is 26.5. The lowest BCUT2D eigenvalue weighted by molar-refractivity contribution is -0.133. The van der Waals surface area contributed by atoms with Crippen LogP contribution in [0.15, 0.2) is 73.1 Å². The molecule has 0 bridgehead atoms. The second-order valence-corrected chi connectivity index (χ2v) is 10.7. The summed E-state index contributed by atoms with van der Waals surface area (Å²) in [5, 5.41) is 1.18. The number of piperazine rings is 1. The van der Waals surface area contributed by atoms with Crippen molar-refractivity contribution in [3.05, 3.63) is 95.4 Å². The van der Waals surface area contributed by atoms with Crippen LogP contribution in [0.1, 0.15) is 33.3 Å². The van der Waals surface area contributed by atoms with Crippen LogP contribution in [0.4, 0.5) is 5.69 Å². The highest BCUT2D eigenvalue weighted by molar-refractivity contribution is 6.02. The fraction of sp³-hybridized carbons (Fsp3) is 0.323. The smallest absolute Gasteiger partial charge is 0.257 e. The van der Waals surface area contributed by atoms with Gasteiger partial charge in [-0.1, -0.05) is 36.4 Å². The van der Waals surface area contributed by atoms with E-state index in [1.807, 2.05) is 52.4 Å². The Morgan fingerprint density at radius 1 is 0.949 bits per heavy atom. The minimum Gasteiger partial charge on any atom is -0.349 e. The standard InChI is InChI=1S/C31H32N6O2/c1-33-26-10-4-3-9-25(26)31(39)36-14-12-24-23-8-2-5-11-27(23)37(29(24)30(33)36)21-28(38)35-17-15-34(16-18-35)20-22-7-6-13-32-19-22/h2-11,13,19,30H,12,14-18,20-21H2,1H3. The molecule has 0 saturated carbocycles. The Bertz CT molecular complexity index is 1560. The maximum absolute atomic E-state index is 13.7. The molecule has 2 aromatic carbocycles. The zero-order valence-corrected chi connectivity index (χ0v) is 22.2. The monoisotopic (exact) mass is 520 g/mol. The third-order valence-corrected chi connectivity index (χ3v) is 8.55. The van der Waals surface area contributed by atoms with Crippen LogP contribution in [0.2, 0.25) is 0 Å². The highest BCUT2D eigenvalue weighted by atomic mass is 16.2. The second-order valence-electron chi connectivity index (χ2n) is 10.7. The van der Waals surface area contributed by atoms with Crippen LogP contribution in [0.3, 0.4) is 0 Å². The Kier molecular flexibility index (Phi) is 5.85. The quantitative estimate of drug-likeness (QED) is 0.412. The normalized spacial score (nSPS) is 19.2. The molecule has 1 fully saturated rings. The molecule has 3 aliphatic rings. The summed E-state index contributed by atoms with van der Waals surface area (Å²) in [4.78, 5) is 40.1. The van der Waals surface area contributed by atoms with Crippen molar-refractivity contribution >= 4 is 28.4 Å². The first kappa shape index (κ1) is 23.9. The van der Waals surface area contributed by atoms with Gasteiger partial charge >= 0.3 is 0 Å². The van der Waals surface area contributed by atoms with Crippen molar-refractivity contribution in [2.24, 2.45) is 0 Å². The maximum Gasteiger partial charge on any atom is 0.257 e. The van der Waals surface area contributed by atoms with Gasteiger partial charge in [0.25, 0.3) is 5.91 Å². The molecule has 0 radical (unpaired) electrons. The van der Waals surface area contributed by atoms with Crippen molar-refractivity contribution in [2.75, 3.05) is 44.7 Å². The molecule has 0 spiro atoms. The van der Waals surface area contributed by atoms with Crippen molar-refractivity contribution in [1.82, 2.24) is 24.3 Å². The Labute approximate surface area is 228 Å². The predicted molar refractivity (Wildman–Crippen MR) is 150 cm³/mol. The van der Waals surface area contributed by atoms with Gasteiger partial charge in [-0.3, -0.25) is 19.5 Å². The van der Waals surface area contributed by atoms with Crippen LogP contribution in [0.5, 0.6) is 0 Å². The van der Waals surface area contributed by atoms with Crippen molar-refractivity contribution in [2.45, 2.75) is 25.7 Å². The van der Waals surface area contributed by atoms with E-state index < -0.39 is 0 Å². The largest absolute Gasteiger partial charge is 0.349 e. The van der Waals surface area contributed by atoms with Gasteiger partial charge in [0.15, 0.2) is 0 Å². The number of para-hydroxylation sites is 2. The zero-order valence-electron chi connectivity index (χ0n) is 22.2. The molecule has 2 aromatic heterocycles. The van der Waals surface area contributed by atoms with Crippen LogP contribution < -0.4 is 4.90 Å². The van der Waals surface area contributed by atoms with Gasteiger partial charge in [-0.2, -0.15) is 0 Å². The summed E-state index contributed by atoms with van der Waals surface area (Å²) in [5.41, 5.74) is 6.25. The molecule has 1 unspecified atom stereocenters. The molecular weight excluding hydrogens is 488 g/mol. The van der Waals surface area contributed by atoms with Crippen molar-refractivity contribution in [1.29, 1.82) is 0 Å². The lowest BCUT2D eigenvalue weighted by Crippen LogP contribution is -2.52. The van der Waals surface area contributed by atoms with E-state index in [1.54, 1.807) is 6.20 Å². The summed E-state index contributed by atoms with van der Waals surface area (Å²) in [6, 6.07) is 20.3. The summed E-state index contributed by atoms with van der Waals surface area (Å²) in [6.07, 6.45) is 4.24. The van der Waals surface area contributed by atoms with E-state index in [-0.39, 0.29) is 24.5 Å². The van der Waals surface area contributed by atoms with Gasteiger partial charge in [-0.15, -0.1) is 0 Å². The van der Waals surface area contributed by atoms with Gasteiger partial charge in [0, 0.05) is 69.6 Å². The summed E-state index contributed by atoms with van der Waals surface area (Å²) in [6.45, 7) is 4.89. The minimum atomic E-state index is -0.243. The molecule has 1 atom stereocenters. The van der Waals surface area contributed by atoms with Crippen LogP contribution in [0.25, 0.3) is 10.9 Å². The van der Waals surface area contributed by atoms with E-state index in [0.717, 1.165) is 48.5 Å². The molecule has 1 saturated heterocycles. The fourth-order valence-electron chi connectivity index (χ4n) is 6.62. The average Bonchev–Trinajstić information content (AvgIpc) is 3.30. The summed E-state index contributed by atoms with van der Waals surface area (Å²) < 4.78 is 2.18. The third kappa shape index (κ3) is 3.98. The Morgan fingerprint density at radius 2 is 1.74 bits per heavy atom. The molecule has 3 aliphatic heterocycles. The average molecular weight is 521 g/mol. The van der Waals surface area contributed by atoms with Crippen LogP contribution in [-0.4, -0.2) is 75.8 Å². The second kappa shape index (κ2) is 9.54. The number of benzene rings is 2.